The molecule has 23 heavy (non-hydrogen) atoms. The zero-order valence-corrected chi connectivity index (χ0v) is 12.9. The number of aryl methyl sites for hydroxylation is 2. The van der Waals surface area contributed by atoms with E-state index in [1.807, 2.05) is 0 Å². The van der Waals surface area contributed by atoms with Gasteiger partial charge in [0.25, 0.3) is 0 Å². The molecule has 3 aromatic heterocycles. The van der Waals surface area contributed by atoms with Crippen LogP contribution < -0.4 is 0 Å². The Morgan fingerprint density at radius 1 is 1.09 bits per heavy atom. The first-order chi connectivity index (χ1) is 11.0. The Morgan fingerprint density at radius 3 is 2.26 bits per heavy atom. The van der Waals surface area contributed by atoms with Crippen LogP contribution in [0.2, 0.25) is 0 Å². The molecule has 3 aromatic rings. The van der Waals surface area contributed by atoms with E-state index in [1.54, 1.807) is 26.2 Å². The average Bonchev–Trinajstić information content (AvgIpc) is 3.18. The van der Waals surface area contributed by atoms with Crippen molar-refractivity contribution < 1.29 is 10.2 Å². The van der Waals surface area contributed by atoms with Gasteiger partial charge in [0.15, 0.2) is 5.82 Å². The summed E-state index contributed by atoms with van der Waals surface area (Å²) in [6.45, 7) is 1.52. The number of aromatic nitrogens is 9. The van der Waals surface area contributed by atoms with Crippen molar-refractivity contribution in [1.29, 1.82) is 0 Å². The Balaban J connectivity index is 0.000000268. The van der Waals surface area contributed by atoms with Gasteiger partial charge >= 0.3 is 0 Å². The van der Waals surface area contributed by atoms with Crippen LogP contribution in [-0.2, 0) is 14.1 Å². The molecule has 2 atom stereocenters. The molecule has 122 valence electrons. The van der Waals surface area contributed by atoms with E-state index in [4.69, 9.17) is 0 Å². The summed E-state index contributed by atoms with van der Waals surface area (Å²) in [5, 5.41) is 40.1. The minimum absolute atomic E-state index is 0.545. The summed E-state index contributed by atoms with van der Waals surface area (Å²) in [7, 11) is 3.48. The van der Waals surface area contributed by atoms with Gasteiger partial charge in [-0.2, -0.15) is 0 Å². The molecule has 0 aromatic carbocycles. The lowest BCUT2D eigenvalue weighted by atomic mass is 10.1. The molecule has 3 rings (SSSR count). The highest BCUT2D eigenvalue weighted by Gasteiger charge is 2.15. The van der Waals surface area contributed by atoms with Crippen LogP contribution in [0.3, 0.4) is 0 Å². The number of pyridine rings is 1. The molecule has 0 saturated heterocycles. The van der Waals surface area contributed by atoms with Gasteiger partial charge in [0.05, 0.1) is 6.10 Å². The lowest BCUT2D eigenvalue weighted by Crippen LogP contribution is -2.14. The number of hydrogen-bond donors (Lipinski definition) is 2. The molecule has 0 aliphatic carbocycles. The summed E-state index contributed by atoms with van der Waals surface area (Å²) in [5.41, 5.74) is 1.16. The topological polar surface area (TPSA) is 141 Å². The standard InChI is InChI=1S/C10H13N5O2.C2H4N4/c1-6(16)9(17)7-3-4-8(11-5-7)10-12-13-14-15(10)2;1-6-2-3-4-5-6/h3-6,9,16-17H,1-2H3;2H,1H3. The minimum atomic E-state index is -0.936. The number of hydrogen-bond acceptors (Lipinski definition) is 9. The van der Waals surface area contributed by atoms with Crippen molar-refractivity contribution in [3.63, 3.8) is 0 Å². The maximum Gasteiger partial charge on any atom is 0.200 e. The van der Waals surface area contributed by atoms with E-state index < -0.39 is 12.2 Å². The highest BCUT2D eigenvalue weighted by Crippen LogP contribution is 2.18. The highest BCUT2D eigenvalue weighted by atomic mass is 16.3. The zero-order chi connectivity index (χ0) is 16.8. The predicted molar refractivity (Wildman–Crippen MR) is 77.5 cm³/mol. The van der Waals surface area contributed by atoms with Crippen LogP contribution in [-0.4, -0.2) is 61.7 Å². The number of rotatable bonds is 3. The molecule has 0 aliphatic heterocycles. The first kappa shape index (κ1) is 16.6. The fourth-order valence-electron chi connectivity index (χ4n) is 1.64. The Bertz CT molecular complexity index is 708. The third kappa shape index (κ3) is 4.34. The first-order valence-electron chi connectivity index (χ1n) is 6.70. The van der Waals surface area contributed by atoms with Crippen molar-refractivity contribution in [3.8, 4) is 11.5 Å². The Kier molecular flexibility index (Phi) is 5.38. The SMILES string of the molecule is CC(O)C(O)c1ccc(-c2nnnn2C)nc1.Cn1cnnn1. The molecule has 11 heteroatoms. The van der Waals surface area contributed by atoms with E-state index in [0.29, 0.717) is 17.1 Å². The van der Waals surface area contributed by atoms with Gasteiger partial charge in [-0.1, -0.05) is 6.07 Å². The summed E-state index contributed by atoms with van der Waals surface area (Å²) in [6, 6.07) is 3.39. The van der Waals surface area contributed by atoms with Gasteiger partial charge in [-0.15, -0.1) is 10.2 Å². The molecule has 0 bridgehead atoms. The number of nitrogens with zero attached hydrogens (tertiary/aromatic N) is 9. The van der Waals surface area contributed by atoms with Crippen molar-refractivity contribution in [2.75, 3.05) is 0 Å². The highest BCUT2D eigenvalue weighted by molar-refractivity contribution is 5.48. The number of aliphatic hydroxyl groups is 2. The summed E-state index contributed by atoms with van der Waals surface area (Å²) >= 11 is 0. The molecular weight excluding hydrogens is 302 g/mol. The smallest absolute Gasteiger partial charge is 0.200 e. The van der Waals surface area contributed by atoms with Crippen LogP contribution in [0.25, 0.3) is 11.5 Å². The lowest BCUT2D eigenvalue weighted by molar-refractivity contribution is 0.0303. The van der Waals surface area contributed by atoms with Gasteiger partial charge in [-0.3, -0.25) is 4.98 Å². The van der Waals surface area contributed by atoms with Gasteiger partial charge in [0.2, 0.25) is 0 Å². The first-order valence-corrected chi connectivity index (χ1v) is 6.70. The van der Waals surface area contributed by atoms with Crippen LogP contribution in [0.15, 0.2) is 24.7 Å². The van der Waals surface area contributed by atoms with E-state index in [0.717, 1.165) is 0 Å². The summed E-state index contributed by atoms with van der Waals surface area (Å²) in [6.07, 6.45) is 1.26. The molecule has 3 heterocycles. The van der Waals surface area contributed by atoms with Gasteiger partial charge in [0.1, 0.15) is 18.1 Å². The summed E-state index contributed by atoms with van der Waals surface area (Å²) < 4.78 is 3.03. The van der Waals surface area contributed by atoms with Crippen molar-refractivity contribution in [3.05, 3.63) is 30.2 Å². The third-order valence-corrected chi connectivity index (χ3v) is 2.89. The fraction of sp³-hybridized carbons (Fsp3) is 0.417. The van der Waals surface area contributed by atoms with Gasteiger partial charge in [-0.05, 0) is 33.8 Å². The molecule has 2 N–H and O–H groups in total. The average molecular weight is 319 g/mol. The maximum absolute atomic E-state index is 9.64. The second-order valence-electron chi connectivity index (χ2n) is 4.77. The lowest BCUT2D eigenvalue weighted by Gasteiger charge is -2.13. The second kappa shape index (κ2) is 7.47. The largest absolute Gasteiger partial charge is 0.390 e. The van der Waals surface area contributed by atoms with Gasteiger partial charge in [0, 0.05) is 25.9 Å². The normalized spacial score (nSPS) is 13.1. The van der Waals surface area contributed by atoms with Crippen LogP contribution in [0, 0.1) is 0 Å². The Morgan fingerprint density at radius 2 is 1.87 bits per heavy atom. The maximum atomic E-state index is 9.64. The minimum Gasteiger partial charge on any atom is -0.390 e. The van der Waals surface area contributed by atoms with Gasteiger partial charge in [-0.25, -0.2) is 9.36 Å². The van der Waals surface area contributed by atoms with E-state index >= 15 is 0 Å². The second-order valence-corrected chi connectivity index (χ2v) is 4.77. The van der Waals surface area contributed by atoms with Crippen molar-refractivity contribution in [1.82, 2.24) is 45.4 Å². The third-order valence-electron chi connectivity index (χ3n) is 2.89. The molecule has 2 unspecified atom stereocenters. The monoisotopic (exact) mass is 319 g/mol. The summed E-state index contributed by atoms with van der Waals surface area (Å²) in [5.74, 6) is 0.545. The molecule has 11 nitrogen and oxygen atoms in total. The van der Waals surface area contributed by atoms with Crippen LogP contribution >= 0.6 is 0 Å². The van der Waals surface area contributed by atoms with E-state index in [9.17, 15) is 10.2 Å². The molecule has 0 fully saturated rings. The van der Waals surface area contributed by atoms with Crippen LogP contribution in [0.4, 0.5) is 0 Å². The molecule has 0 radical (unpaired) electrons. The fourth-order valence-corrected chi connectivity index (χ4v) is 1.64. The van der Waals surface area contributed by atoms with Crippen molar-refractivity contribution in [2.24, 2.45) is 14.1 Å². The summed E-state index contributed by atoms with van der Waals surface area (Å²) in [4.78, 5) is 4.15. The van der Waals surface area contributed by atoms with E-state index in [1.165, 1.54) is 28.8 Å². The Labute approximate surface area is 131 Å². The quantitative estimate of drug-likeness (QED) is 0.615. The van der Waals surface area contributed by atoms with Crippen molar-refractivity contribution >= 4 is 0 Å². The van der Waals surface area contributed by atoms with Crippen LogP contribution in [0.1, 0.15) is 18.6 Å². The number of aliphatic hydroxyl groups excluding tert-OH is 2. The molecule has 0 spiro atoms. The molecule has 0 saturated carbocycles. The number of tetrazole rings is 2. The molecule has 0 amide bonds. The van der Waals surface area contributed by atoms with E-state index in [2.05, 4.69) is 36.0 Å². The van der Waals surface area contributed by atoms with Crippen molar-refractivity contribution in [2.45, 2.75) is 19.1 Å². The van der Waals surface area contributed by atoms with Crippen LogP contribution in [0.5, 0.6) is 0 Å². The predicted octanol–water partition coefficient (Wildman–Crippen LogP) is -1.10. The zero-order valence-electron chi connectivity index (χ0n) is 12.9. The Hall–Kier alpha value is -2.79. The molecular formula is C12H17N9O2. The van der Waals surface area contributed by atoms with E-state index in [-0.39, 0.29) is 0 Å². The van der Waals surface area contributed by atoms with Gasteiger partial charge < -0.3 is 10.2 Å². The molecule has 0 aliphatic rings.